The molecular formula is C15H15N3O2S. The molecule has 21 heavy (non-hydrogen) atoms. The van der Waals surface area contributed by atoms with Gasteiger partial charge in [-0.25, -0.2) is 8.42 Å². The zero-order valence-corrected chi connectivity index (χ0v) is 12.3. The average Bonchev–Trinajstić information content (AvgIpc) is 2.43. The first-order valence-electron chi connectivity index (χ1n) is 6.25. The minimum absolute atomic E-state index is 0.160. The van der Waals surface area contributed by atoms with Crippen molar-refractivity contribution in [3.05, 3.63) is 59.2 Å². The number of nitrogen functional groups attached to an aromatic ring is 1. The van der Waals surface area contributed by atoms with Gasteiger partial charge >= 0.3 is 0 Å². The lowest BCUT2D eigenvalue weighted by atomic mass is 10.2. The van der Waals surface area contributed by atoms with Crippen LogP contribution in [0.3, 0.4) is 0 Å². The normalized spacial score (nSPS) is 10.9. The van der Waals surface area contributed by atoms with Crippen LogP contribution in [0.1, 0.15) is 16.7 Å². The number of anilines is 2. The molecule has 0 heterocycles. The maximum absolute atomic E-state index is 12.2. The molecule has 0 fully saturated rings. The first-order chi connectivity index (χ1) is 9.89. The van der Waals surface area contributed by atoms with Crippen molar-refractivity contribution in [2.75, 3.05) is 10.5 Å². The Kier molecular flexibility index (Phi) is 4.15. The summed E-state index contributed by atoms with van der Waals surface area (Å²) in [5, 5.41) is 8.72. The monoisotopic (exact) mass is 301 g/mol. The van der Waals surface area contributed by atoms with Gasteiger partial charge in [-0.05, 0) is 42.3 Å². The lowest BCUT2D eigenvalue weighted by Crippen LogP contribution is -2.16. The van der Waals surface area contributed by atoms with Crippen LogP contribution >= 0.6 is 0 Å². The van der Waals surface area contributed by atoms with E-state index in [1.54, 1.807) is 49.4 Å². The average molecular weight is 301 g/mol. The Balaban J connectivity index is 2.18. The third-order valence-corrected chi connectivity index (χ3v) is 4.21. The molecule has 0 saturated carbocycles. The second kappa shape index (κ2) is 5.85. The summed E-state index contributed by atoms with van der Waals surface area (Å²) in [6.45, 7) is 1.80. The number of sulfonamides is 1. The van der Waals surface area contributed by atoms with Crippen LogP contribution in [-0.4, -0.2) is 8.42 Å². The summed E-state index contributed by atoms with van der Waals surface area (Å²) < 4.78 is 26.9. The third kappa shape index (κ3) is 3.97. The van der Waals surface area contributed by atoms with Crippen molar-refractivity contribution in [2.45, 2.75) is 12.7 Å². The fourth-order valence-electron chi connectivity index (χ4n) is 1.85. The molecule has 0 aliphatic rings. The molecule has 0 bridgehead atoms. The first-order valence-corrected chi connectivity index (χ1v) is 7.90. The summed E-state index contributed by atoms with van der Waals surface area (Å²) in [4.78, 5) is 0. The van der Waals surface area contributed by atoms with Crippen LogP contribution in [0.5, 0.6) is 0 Å². The van der Waals surface area contributed by atoms with Gasteiger partial charge in [0.15, 0.2) is 0 Å². The highest BCUT2D eigenvalue weighted by Crippen LogP contribution is 2.20. The van der Waals surface area contributed by atoms with Crippen LogP contribution in [-0.2, 0) is 15.8 Å². The van der Waals surface area contributed by atoms with E-state index in [1.807, 2.05) is 6.07 Å². The molecule has 2 rings (SSSR count). The largest absolute Gasteiger partial charge is 0.399 e. The Morgan fingerprint density at radius 3 is 2.48 bits per heavy atom. The maximum atomic E-state index is 12.2. The zero-order chi connectivity index (χ0) is 15.5. The molecule has 0 aromatic heterocycles. The minimum atomic E-state index is -3.53. The molecular weight excluding hydrogens is 286 g/mol. The highest BCUT2D eigenvalue weighted by atomic mass is 32.2. The van der Waals surface area contributed by atoms with Crippen molar-refractivity contribution in [1.29, 1.82) is 5.26 Å². The van der Waals surface area contributed by atoms with Crippen molar-refractivity contribution in [2.24, 2.45) is 0 Å². The van der Waals surface area contributed by atoms with E-state index < -0.39 is 10.0 Å². The van der Waals surface area contributed by atoms with E-state index in [0.29, 0.717) is 22.5 Å². The van der Waals surface area contributed by atoms with Crippen LogP contribution < -0.4 is 10.5 Å². The van der Waals surface area contributed by atoms with Crippen molar-refractivity contribution >= 4 is 21.4 Å². The highest BCUT2D eigenvalue weighted by Gasteiger charge is 2.13. The fraction of sp³-hybridized carbons (Fsp3) is 0.133. The summed E-state index contributed by atoms with van der Waals surface area (Å²) in [5.74, 6) is -0.160. The number of hydrogen-bond acceptors (Lipinski definition) is 4. The van der Waals surface area contributed by atoms with Gasteiger partial charge in [0.2, 0.25) is 10.0 Å². The van der Waals surface area contributed by atoms with Gasteiger partial charge < -0.3 is 5.73 Å². The predicted octanol–water partition coefficient (Wildman–Crippen LogP) is 2.39. The van der Waals surface area contributed by atoms with Crippen LogP contribution in [0, 0.1) is 18.3 Å². The molecule has 2 aromatic rings. The van der Waals surface area contributed by atoms with Gasteiger partial charge in [-0.1, -0.05) is 18.2 Å². The van der Waals surface area contributed by atoms with Crippen LogP contribution in [0.4, 0.5) is 11.4 Å². The van der Waals surface area contributed by atoms with Crippen LogP contribution in [0.15, 0.2) is 42.5 Å². The quantitative estimate of drug-likeness (QED) is 0.847. The number of nitrogens with one attached hydrogen (secondary N) is 1. The van der Waals surface area contributed by atoms with E-state index in [9.17, 15) is 8.42 Å². The summed E-state index contributed by atoms with van der Waals surface area (Å²) in [6, 6.07) is 13.5. The molecule has 6 heteroatoms. The first kappa shape index (κ1) is 14.9. The molecule has 0 aliphatic carbocycles. The lowest BCUT2D eigenvalue weighted by Gasteiger charge is -2.11. The van der Waals surface area contributed by atoms with Gasteiger partial charge in [0, 0.05) is 5.69 Å². The van der Waals surface area contributed by atoms with Gasteiger partial charge in [0.05, 0.1) is 23.1 Å². The van der Waals surface area contributed by atoms with Crippen molar-refractivity contribution in [3.8, 4) is 6.07 Å². The third-order valence-electron chi connectivity index (χ3n) is 2.97. The number of nitrogens with two attached hydrogens (primary N) is 1. The van der Waals surface area contributed by atoms with E-state index in [1.165, 1.54) is 0 Å². The van der Waals surface area contributed by atoms with E-state index in [4.69, 9.17) is 11.0 Å². The second-order valence-electron chi connectivity index (χ2n) is 4.74. The molecule has 5 nitrogen and oxygen atoms in total. The smallest absolute Gasteiger partial charge is 0.236 e. The SMILES string of the molecule is Cc1ccc(N)cc1NS(=O)(=O)Cc1ccc(C#N)cc1. The van der Waals surface area contributed by atoms with Gasteiger partial charge in [0.25, 0.3) is 0 Å². The molecule has 0 spiro atoms. The number of hydrogen-bond donors (Lipinski definition) is 2. The van der Waals surface area contributed by atoms with Crippen molar-refractivity contribution in [3.63, 3.8) is 0 Å². The van der Waals surface area contributed by atoms with Crippen LogP contribution in [0.25, 0.3) is 0 Å². The molecule has 108 valence electrons. The number of benzene rings is 2. The van der Waals surface area contributed by atoms with Crippen molar-refractivity contribution < 1.29 is 8.42 Å². The molecule has 0 atom stereocenters. The number of nitrogens with zero attached hydrogens (tertiary/aromatic N) is 1. The minimum Gasteiger partial charge on any atom is -0.399 e. The second-order valence-corrected chi connectivity index (χ2v) is 6.47. The Labute approximate surface area is 124 Å². The van der Waals surface area contributed by atoms with Gasteiger partial charge in [-0.3, -0.25) is 4.72 Å². The van der Waals surface area contributed by atoms with Gasteiger partial charge in [-0.15, -0.1) is 0 Å². The summed E-state index contributed by atoms with van der Waals surface area (Å²) in [7, 11) is -3.53. The van der Waals surface area contributed by atoms with Gasteiger partial charge in [-0.2, -0.15) is 5.26 Å². The summed E-state index contributed by atoms with van der Waals surface area (Å²) in [5.41, 5.74) is 8.55. The lowest BCUT2D eigenvalue weighted by molar-refractivity contribution is 0.600. The summed E-state index contributed by atoms with van der Waals surface area (Å²) in [6.07, 6.45) is 0. The fourth-order valence-corrected chi connectivity index (χ4v) is 3.11. The standard InChI is InChI=1S/C15H15N3O2S/c1-11-2-7-14(17)8-15(11)18-21(19,20)10-13-5-3-12(9-16)4-6-13/h2-8,18H,10,17H2,1H3. The molecule has 0 amide bonds. The van der Waals surface area contributed by atoms with Crippen LogP contribution in [0.2, 0.25) is 0 Å². The Morgan fingerprint density at radius 1 is 1.19 bits per heavy atom. The Hall–Kier alpha value is -2.52. The molecule has 0 saturated heterocycles. The van der Waals surface area contributed by atoms with Gasteiger partial charge in [0.1, 0.15) is 0 Å². The topological polar surface area (TPSA) is 96.0 Å². The summed E-state index contributed by atoms with van der Waals surface area (Å²) >= 11 is 0. The zero-order valence-electron chi connectivity index (χ0n) is 11.5. The highest BCUT2D eigenvalue weighted by molar-refractivity contribution is 7.91. The number of nitriles is 1. The molecule has 0 radical (unpaired) electrons. The van der Waals surface area contributed by atoms with E-state index in [-0.39, 0.29) is 5.75 Å². The number of aryl methyl sites for hydroxylation is 1. The van der Waals surface area contributed by atoms with E-state index >= 15 is 0 Å². The molecule has 2 aromatic carbocycles. The van der Waals surface area contributed by atoms with Crippen molar-refractivity contribution in [1.82, 2.24) is 0 Å². The predicted molar refractivity (Wildman–Crippen MR) is 83.0 cm³/mol. The molecule has 0 aliphatic heterocycles. The molecule has 3 N–H and O–H groups in total. The van der Waals surface area contributed by atoms with E-state index in [2.05, 4.69) is 4.72 Å². The Bertz CT molecular complexity index is 791. The van der Waals surface area contributed by atoms with E-state index in [0.717, 1.165) is 5.56 Å². The number of rotatable bonds is 4. The Morgan fingerprint density at radius 2 is 1.86 bits per heavy atom. The maximum Gasteiger partial charge on any atom is 0.236 e. The molecule has 0 unspecified atom stereocenters.